The molecule has 3 aliphatic rings. The molecule has 112 heavy (non-hydrogen) atoms. The van der Waals surface area contributed by atoms with Gasteiger partial charge in [-0.3, -0.25) is 38.1 Å². The molecule has 0 saturated heterocycles. The zero-order chi connectivity index (χ0) is 80.5. The third-order valence-electron chi connectivity index (χ3n) is 20.3. The van der Waals surface area contributed by atoms with Crippen LogP contribution in [-0.4, -0.2) is 244 Å². The number of pyridine rings is 3. The number of aryl methyl sites for hydroxylation is 1. The summed E-state index contributed by atoms with van der Waals surface area (Å²) in [5, 5.41) is 25.9. The zero-order valence-corrected chi connectivity index (χ0v) is 66.4. The van der Waals surface area contributed by atoms with Crippen molar-refractivity contribution in [1.29, 1.82) is 0 Å². The molecule has 2 aromatic carbocycles. The number of ketones is 3. The summed E-state index contributed by atoms with van der Waals surface area (Å²) >= 11 is 0. The van der Waals surface area contributed by atoms with E-state index >= 15 is 0 Å². The first-order valence-electron chi connectivity index (χ1n) is 38.6. The van der Waals surface area contributed by atoms with Crippen molar-refractivity contribution in [2.45, 2.75) is 143 Å². The number of nitrogens with one attached hydrogen (secondary N) is 3. The second-order valence-electron chi connectivity index (χ2n) is 29.0. The molecule has 0 spiro atoms. The smallest absolute Gasteiger partial charge is 0.410 e. The fraction of sp³-hybridized carbons (Fsp3) is 0.575. The van der Waals surface area contributed by atoms with Crippen molar-refractivity contribution in [2.24, 2.45) is 17.8 Å². The van der Waals surface area contributed by atoms with Gasteiger partial charge in [-0.1, -0.05) is 58.0 Å². The lowest BCUT2D eigenvalue weighted by Crippen LogP contribution is -2.45. The van der Waals surface area contributed by atoms with Crippen LogP contribution in [0, 0.1) is 17.8 Å². The summed E-state index contributed by atoms with van der Waals surface area (Å²) in [6.07, 6.45) is 1.72. The molecule has 0 saturated carbocycles. The number of carbonyl (C=O) groups excluding carboxylic acids is 7. The van der Waals surface area contributed by atoms with Crippen LogP contribution in [0.5, 0.6) is 0 Å². The van der Waals surface area contributed by atoms with Crippen LogP contribution < -0.4 is 21.5 Å². The van der Waals surface area contributed by atoms with E-state index in [1.54, 1.807) is 59.8 Å². The van der Waals surface area contributed by atoms with Crippen LogP contribution >= 0.6 is 0 Å². The van der Waals surface area contributed by atoms with Gasteiger partial charge in [-0.25, -0.2) is 24.8 Å². The molecule has 0 bridgehead atoms. The first kappa shape index (κ1) is 87.6. The molecule has 4 amide bonds. The van der Waals surface area contributed by atoms with Crippen molar-refractivity contribution in [3.8, 4) is 11.4 Å². The fourth-order valence-corrected chi connectivity index (χ4v) is 14.8. The topological polar surface area (TPSA) is 376 Å². The van der Waals surface area contributed by atoms with E-state index in [2.05, 4.69) is 31.0 Å². The molecule has 9 rings (SSSR count). The third kappa shape index (κ3) is 24.3. The summed E-state index contributed by atoms with van der Waals surface area (Å²) in [4.78, 5) is 118. The molecule has 0 radical (unpaired) electrons. The number of hydrogen-bond acceptors (Lipinski definition) is 24. The Morgan fingerprint density at radius 1 is 0.679 bits per heavy atom. The summed E-state index contributed by atoms with van der Waals surface area (Å²) < 4.78 is 87.2. The van der Waals surface area contributed by atoms with Gasteiger partial charge in [0.05, 0.1) is 153 Å². The second-order valence-corrected chi connectivity index (χ2v) is 30.5. The number of aliphatic hydroxyl groups is 1. The number of amides is 4. The molecular formula is C80H110N10O21S. The number of para-hydroxylation sites is 1. The molecular weight excluding hydrogens is 1470 g/mol. The van der Waals surface area contributed by atoms with Crippen molar-refractivity contribution >= 4 is 78.9 Å². The molecule has 1 aliphatic carbocycles. The molecule has 31 nitrogen and oxygen atoms in total. The number of hydrazine groups is 1. The predicted octanol–water partition coefficient (Wildman–Crippen LogP) is 6.14. The number of fused-ring (bicyclic) bond motifs is 8. The summed E-state index contributed by atoms with van der Waals surface area (Å²) in [5.74, 6) is -5.42. The predicted molar refractivity (Wildman–Crippen MR) is 415 cm³/mol. The van der Waals surface area contributed by atoms with E-state index in [9.17, 15) is 56.4 Å². The second kappa shape index (κ2) is 42.7. The average Bonchev–Trinajstić information content (AvgIpc) is 1.49. The van der Waals surface area contributed by atoms with Gasteiger partial charge < -0.3 is 77.7 Å². The van der Waals surface area contributed by atoms with Crippen LogP contribution in [0.1, 0.15) is 119 Å². The van der Waals surface area contributed by atoms with Gasteiger partial charge in [-0.05, 0) is 92.1 Å². The number of aromatic nitrogens is 4. The van der Waals surface area contributed by atoms with Gasteiger partial charge in [0.1, 0.15) is 23.6 Å². The number of carbonyl (C=O) groups is 7. The van der Waals surface area contributed by atoms with E-state index in [1.807, 2.05) is 82.8 Å². The molecule has 4 atom stereocenters. The highest BCUT2D eigenvalue weighted by Gasteiger charge is 2.44. The number of nitrogens with zero attached hydrogens (tertiary/aromatic N) is 7. The van der Waals surface area contributed by atoms with Gasteiger partial charge in [0.15, 0.2) is 11.6 Å². The Hall–Kier alpha value is -8.35. The van der Waals surface area contributed by atoms with Gasteiger partial charge in [0, 0.05) is 129 Å². The van der Waals surface area contributed by atoms with Crippen molar-refractivity contribution in [2.75, 3.05) is 144 Å². The number of anilines is 1. The first-order valence-corrected chi connectivity index (χ1v) is 40.2. The minimum absolute atomic E-state index is 0.0224. The highest BCUT2D eigenvalue weighted by atomic mass is 32.2. The summed E-state index contributed by atoms with van der Waals surface area (Å²) in [6.45, 7) is 17.9. The number of Topliss-reactive ketones (excluding diaryl/α,β-unsaturated/α-hetero) is 3. The SMILES string of the molecule is CC[C@@]1(O)C(=O)CCc2c1cc1n(c2=O)Cc2c-1nc1ccccc1c2CCN(C(=O)OCc1ccc(NC(=O)[C@H](C)CC(=O)[C@@H](NC(=O)CCOCCOCCOCCOCCOCCOCCOCCOCCNC(=O)[C@@H](CC(=O)CCn2c3c(c4cccnc42)CN(C)N(C)C3)CS(=O)(=O)O)C(C)C)cc1)C(C)C. The van der Waals surface area contributed by atoms with E-state index in [0.29, 0.717) is 138 Å². The van der Waals surface area contributed by atoms with Gasteiger partial charge in [0.25, 0.3) is 15.7 Å². The largest absolute Gasteiger partial charge is 0.445 e. The number of ether oxygens (including phenoxy) is 9. The number of rotatable bonds is 49. The van der Waals surface area contributed by atoms with Gasteiger partial charge >= 0.3 is 6.09 Å². The van der Waals surface area contributed by atoms with Crippen molar-refractivity contribution < 1.29 is 94.3 Å². The minimum atomic E-state index is -4.55. The Morgan fingerprint density at radius 3 is 1.88 bits per heavy atom. The molecule has 5 N–H and O–H groups in total. The molecule has 2 aliphatic heterocycles. The summed E-state index contributed by atoms with van der Waals surface area (Å²) in [5.41, 5.74) is 6.61. The molecule has 32 heteroatoms. The minimum Gasteiger partial charge on any atom is -0.445 e. The Bertz CT molecular complexity index is 4380. The maximum absolute atomic E-state index is 14.1. The van der Waals surface area contributed by atoms with E-state index in [-0.39, 0.29) is 151 Å². The fourth-order valence-electron chi connectivity index (χ4n) is 14.0. The molecule has 6 aromatic rings. The Kier molecular flexibility index (Phi) is 33.4. The Morgan fingerprint density at radius 2 is 1.28 bits per heavy atom. The Balaban J connectivity index is 0.544. The van der Waals surface area contributed by atoms with Crippen molar-refractivity contribution in [3.63, 3.8) is 0 Å². The van der Waals surface area contributed by atoms with Crippen molar-refractivity contribution in [3.05, 3.63) is 122 Å². The standard InChI is InChI=1S/C80H110N10O21S/c1-9-80(99)66-47-68-74-65(49-90(68)78(97)63(66)20-21-71(80)93)60(61-13-10-11-15-67(61)84-74)23-28-88(54(4)5)79(98)111-51-56-16-18-58(19-17-56)83-76(95)55(6)45-70(92)73(53(2)3)85-72(94)24-29-103-31-33-105-35-37-107-39-41-109-43-44-110-42-40-108-38-36-106-34-32-104-30-26-82-77(96)57(52-112(100,101)102)46-59(91)22-27-89-69-50-87(8)86(7)48-64(69)62-14-12-25-81-75(62)89/h10-19,25,47,53-55,57,73,99H,9,20-24,26-46,48-52H2,1-8H3,(H,82,96)(H,83,95)(H,85,94)(H,100,101,102)/t55-,57+,73+,80+/m1/s1. The quantitative estimate of drug-likeness (QED) is 0.0211. The average molecular weight is 1580 g/mol. The molecule has 6 heterocycles. The maximum atomic E-state index is 14.1. The summed E-state index contributed by atoms with van der Waals surface area (Å²) in [6, 6.07) is 19.2. The molecule has 612 valence electrons. The van der Waals surface area contributed by atoms with Crippen LogP contribution in [0.2, 0.25) is 0 Å². The first-order chi connectivity index (χ1) is 53.8. The van der Waals surface area contributed by atoms with E-state index in [0.717, 1.165) is 38.8 Å². The van der Waals surface area contributed by atoms with Crippen LogP contribution in [0.4, 0.5) is 10.5 Å². The van der Waals surface area contributed by atoms with E-state index in [4.69, 9.17) is 47.6 Å². The van der Waals surface area contributed by atoms with Gasteiger partial charge in [0.2, 0.25) is 17.7 Å². The Labute approximate surface area is 653 Å². The van der Waals surface area contributed by atoms with E-state index < -0.39 is 51.4 Å². The van der Waals surface area contributed by atoms with E-state index in [1.165, 1.54) is 0 Å². The normalized spacial score (nSPS) is 15.8. The van der Waals surface area contributed by atoms with Crippen LogP contribution in [0.15, 0.2) is 77.7 Å². The summed E-state index contributed by atoms with van der Waals surface area (Å²) in [7, 11) is -0.575. The number of benzene rings is 2. The number of hydrogen-bond donors (Lipinski definition) is 5. The lowest BCUT2D eigenvalue weighted by molar-refractivity contribution is -0.140. The molecule has 4 aromatic heterocycles. The van der Waals surface area contributed by atoms with Crippen LogP contribution in [-0.2, 0) is 133 Å². The lowest BCUT2D eigenvalue weighted by atomic mass is 9.77. The van der Waals surface area contributed by atoms with Gasteiger partial charge in [-0.2, -0.15) is 8.42 Å². The zero-order valence-electron chi connectivity index (χ0n) is 65.6. The lowest BCUT2D eigenvalue weighted by Gasteiger charge is -2.33. The highest BCUT2D eigenvalue weighted by Crippen LogP contribution is 2.41. The van der Waals surface area contributed by atoms with Crippen LogP contribution in [0.3, 0.4) is 0 Å². The maximum Gasteiger partial charge on any atom is 0.410 e. The van der Waals surface area contributed by atoms with Crippen molar-refractivity contribution in [1.82, 2.24) is 44.7 Å². The monoisotopic (exact) mass is 1580 g/mol. The van der Waals surface area contributed by atoms with Gasteiger partial charge in [-0.15, -0.1) is 0 Å². The molecule has 0 unspecified atom stereocenters. The van der Waals surface area contributed by atoms with Crippen LogP contribution in [0.25, 0.3) is 33.3 Å². The third-order valence-corrected chi connectivity index (χ3v) is 21.1. The molecule has 0 fully saturated rings. The highest BCUT2D eigenvalue weighted by molar-refractivity contribution is 7.85.